The Labute approximate surface area is 118 Å². The lowest BCUT2D eigenvalue weighted by Gasteiger charge is -2.22. The van der Waals surface area contributed by atoms with Crippen LogP contribution < -0.4 is 5.32 Å². The van der Waals surface area contributed by atoms with Crippen molar-refractivity contribution in [3.63, 3.8) is 0 Å². The van der Waals surface area contributed by atoms with Gasteiger partial charge in [0.25, 0.3) is 0 Å². The first-order valence-corrected chi connectivity index (χ1v) is 8.34. The van der Waals surface area contributed by atoms with Crippen LogP contribution in [0.4, 0.5) is 0 Å². The SMILES string of the molecule is O=C(NCCCc1nccs1)[C@@H]1CC12CCCCC2. The summed E-state index contributed by atoms with van der Waals surface area (Å²) < 4.78 is 0. The Bertz CT molecular complexity index is 423. The smallest absolute Gasteiger partial charge is 0.223 e. The van der Waals surface area contributed by atoms with E-state index in [4.69, 9.17) is 0 Å². The van der Waals surface area contributed by atoms with Crippen LogP contribution in [-0.2, 0) is 11.2 Å². The second-order valence-electron chi connectivity index (χ2n) is 6.00. The molecule has 0 unspecified atom stereocenters. The Hall–Kier alpha value is -0.900. The fraction of sp³-hybridized carbons (Fsp3) is 0.733. The lowest BCUT2D eigenvalue weighted by Crippen LogP contribution is -2.29. The number of rotatable bonds is 5. The average molecular weight is 278 g/mol. The van der Waals surface area contributed by atoms with Gasteiger partial charge in [0, 0.05) is 30.5 Å². The third-order valence-electron chi connectivity index (χ3n) is 4.71. The van der Waals surface area contributed by atoms with Gasteiger partial charge in [-0.25, -0.2) is 4.98 Å². The summed E-state index contributed by atoms with van der Waals surface area (Å²) in [5.41, 5.74) is 0.414. The maximum Gasteiger partial charge on any atom is 0.223 e. The molecule has 104 valence electrons. The minimum Gasteiger partial charge on any atom is -0.356 e. The van der Waals surface area contributed by atoms with E-state index in [1.54, 1.807) is 11.3 Å². The van der Waals surface area contributed by atoms with Crippen molar-refractivity contribution in [1.82, 2.24) is 10.3 Å². The molecule has 3 rings (SSSR count). The third kappa shape index (κ3) is 2.99. The third-order valence-corrected chi connectivity index (χ3v) is 5.55. The quantitative estimate of drug-likeness (QED) is 0.841. The largest absolute Gasteiger partial charge is 0.356 e. The number of aryl methyl sites for hydroxylation is 1. The first-order chi connectivity index (χ1) is 9.30. The van der Waals surface area contributed by atoms with Crippen LogP contribution in [0.3, 0.4) is 0 Å². The van der Waals surface area contributed by atoms with Crippen LogP contribution in [0.1, 0.15) is 50.0 Å². The molecule has 2 fully saturated rings. The number of hydrogen-bond donors (Lipinski definition) is 1. The molecule has 0 saturated heterocycles. The maximum absolute atomic E-state index is 12.1. The summed E-state index contributed by atoms with van der Waals surface area (Å²) in [6.45, 7) is 0.797. The lowest BCUT2D eigenvalue weighted by atomic mass is 9.84. The highest BCUT2D eigenvalue weighted by Gasteiger charge is 2.57. The predicted molar refractivity (Wildman–Crippen MR) is 77.1 cm³/mol. The van der Waals surface area contributed by atoms with E-state index in [1.165, 1.54) is 37.1 Å². The monoisotopic (exact) mass is 278 g/mol. The lowest BCUT2D eigenvalue weighted by molar-refractivity contribution is -0.123. The average Bonchev–Trinajstić information content (AvgIpc) is 2.89. The summed E-state index contributed by atoms with van der Waals surface area (Å²) in [5.74, 6) is 0.633. The van der Waals surface area contributed by atoms with Crippen LogP contribution in [-0.4, -0.2) is 17.4 Å². The van der Waals surface area contributed by atoms with E-state index in [0.29, 0.717) is 17.2 Å². The van der Waals surface area contributed by atoms with Gasteiger partial charge >= 0.3 is 0 Å². The Morgan fingerprint density at radius 2 is 2.26 bits per heavy atom. The second kappa shape index (κ2) is 5.61. The Morgan fingerprint density at radius 1 is 1.42 bits per heavy atom. The van der Waals surface area contributed by atoms with Gasteiger partial charge in [0.15, 0.2) is 0 Å². The van der Waals surface area contributed by atoms with E-state index >= 15 is 0 Å². The van der Waals surface area contributed by atoms with Gasteiger partial charge in [-0.15, -0.1) is 11.3 Å². The zero-order valence-electron chi connectivity index (χ0n) is 11.4. The van der Waals surface area contributed by atoms with E-state index in [2.05, 4.69) is 10.3 Å². The van der Waals surface area contributed by atoms with Crippen molar-refractivity contribution in [3.05, 3.63) is 16.6 Å². The number of thiazole rings is 1. The highest BCUT2D eigenvalue weighted by molar-refractivity contribution is 7.09. The molecule has 19 heavy (non-hydrogen) atoms. The topological polar surface area (TPSA) is 42.0 Å². The highest BCUT2D eigenvalue weighted by atomic mass is 32.1. The molecule has 1 spiro atoms. The van der Waals surface area contributed by atoms with Crippen molar-refractivity contribution in [1.29, 1.82) is 0 Å². The number of carbonyl (C=O) groups excluding carboxylic acids is 1. The summed E-state index contributed by atoms with van der Waals surface area (Å²) in [6, 6.07) is 0. The summed E-state index contributed by atoms with van der Waals surface area (Å²) in [7, 11) is 0. The van der Waals surface area contributed by atoms with Crippen LogP contribution in [0.25, 0.3) is 0 Å². The number of nitrogens with zero attached hydrogens (tertiary/aromatic N) is 1. The molecule has 1 amide bonds. The Morgan fingerprint density at radius 3 is 3.00 bits per heavy atom. The molecule has 1 aromatic rings. The molecule has 2 aliphatic carbocycles. The zero-order valence-corrected chi connectivity index (χ0v) is 12.2. The summed E-state index contributed by atoms with van der Waals surface area (Å²) >= 11 is 1.69. The highest BCUT2D eigenvalue weighted by Crippen LogP contribution is 2.61. The minimum absolute atomic E-state index is 0.307. The molecule has 2 aliphatic rings. The summed E-state index contributed by atoms with van der Waals surface area (Å²) in [6.07, 6.45) is 11.5. The number of nitrogens with one attached hydrogen (secondary N) is 1. The first-order valence-electron chi connectivity index (χ1n) is 7.46. The number of aromatic nitrogens is 1. The second-order valence-corrected chi connectivity index (χ2v) is 6.98. The molecule has 1 aromatic heterocycles. The fourth-order valence-electron chi connectivity index (χ4n) is 3.48. The standard InChI is InChI=1S/C15H22N2OS/c18-14(12-11-15(12)6-2-1-3-7-15)17-8-4-5-13-16-9-10-19-13/h9-10,12H,1-8,11H2,(H,17,18)/t12-/m0/s1. The van der Waals surface area contributed by atoms with Gasteiger partial charge in [0.05, 0.1) is 5.01 Å². The van der Waals surface area contributed by atoms with Gasteiger partial charge < -0.3 is 5.32 Å². The number of hydrogen-bond acceptors (Lipinski definition) is 3. The molecule has 0 aliphatic heterocycles. The molecular weight excluding hydrogens is 256 g/mol. The molecular formula is C15H22N2OS. The predicted octanol–water partition coefficient (Wildman–Crippen LogP) is 3.16. The van der Waals surface area contributed by atoms with Crippen molar-refractivity contribution < 1.29 is 4.79 Å². The van der Waals surface area contributed by atoms with Gasteiger partial charge in [-0.05, 0) is 31.1 Å². The molecule has 4 heteroatoms. The summed E-state index contributed by atoms with van der Waals surface area (Å²) in [4.78, 5) is 16.4. The van der Waals surface area contributed by atoms with E-state index < -0.39 is 0 Å². The van der Waals surface area contributed by atoms with Crippen molar-refractivity contribution in [2.45, 2.75) is 51.4 Å². The molecule has 0 radical (unpaired) electrons. The van der Waals surface area contributed by atoms with Crippen molar-refractivity contribution in [2.75, 3.05) is 6.54 Å². The van der Waals surface area contributed by atoms with Crippen LogP contribution >= 0.6 is 11.3 Å². The molecule has 1 heterocycles. The van der Waals surface area contributed by atoms with Crippen LogP contribution in [0.2, 0.25) is 0 Å². The van der Waals surface area contributed by atoms with Gasteiger partial charge in [0.2, 0.25) is 5.91 Å². The minimum atomic E-state index is 0.307. The summed E-state index contributed by atoms with van der Waals surface area (Å²) in [5, 5.41) is 6.29. The van der Waals surface area contributed by atoms with Crippen LogP contribution in [0.15, 0.2) is 11.6 Å². The van der Waals surface area contributed by atoms with Crippen molar-refractivity contribution in [2.24, 2.45) is 11.3 Å². The van der Waals surface area contributed by atoms with Crippen molar-refractivity contribution in [3.8, 4) is 0 Å². The first kappa shape index (κ1) is 13.1. The van der Waals surface area contributed by atoms with Gasteiger partial charge in [-0.3, -0.25) is 4.79 Å². The van der Waals surface area contributed by atoms with Gasteiger partial charge in [-0.2, -0.15) is 0 Å². The molecule has 0 bridgehead atoms. The number of amides is 1. The Kier molecular flexibility index (Phi) is 3.87. The van der Waals surface area contributed by atoms with E-state index in [9.17, 15) is 4.79 Å². The Balaban J connectivity index is 1.36. The molecule has 1 atom stereocenters. The molecule has 2 saturated carbocycles. The van der Waals surface area contributed by atoms with Gasteiger partial charge in [0.1, 0.15) is 0 Å². The van der Waals surface area contributed by atoms with E-state index in [1.807, 2.05) is 11.6 Å². The molecule has 3 nitrogen and oxygen atoms in total. The fourth-order valence-corrected chi connectivity index (χ4v) is 4.14. The molecule has 0 aromatic carbocycles. The zero-order chi connectivity index (χ0) is 13.1. The molecule has 1 N–H and O–H groups in total. The normalized spacial score (nSPS) is 24.3. The van der Waals surface area contributed by atoms with Crippen LogP contribution in [0, 0.1) is 11.3 Å². The van der Waals surface area contributed by atoms with Crippen molar-refractivity contribution >= 4 is 17.2 Å². The maximum atomic E-state index is 12.1. The van der Waals surface area contributed by atoms with E-state index in [-0.39, 0.29) is 0 Å². The number of carbonyl (C=O) groups is 1. The van der Waals surface area contributed by atoms with Gasteiger partial charge in [-0.1, -0.05) is 19.3 Å². The van der Waals surface area contributed by atoms with Crippen LogP contribution in [0.5, 0.6) is 0 Å². The van der Waals surface area contributed by atoms with E-state index in [0.717, 1.165) is 25.8 Å².